The molecule has 0 saturated carbocycles. The molecule has 2 fully saturated rings. The lowest BCUT2D eigenvalue weighted by Gasteiger charge is -2.36. The summed E-state index contributed by atoms with van der Waals surface area (Å²) < 4.78 is 5.45. The molecule has 2 amide bonds. The molecule has 2 atom stereocenters. The SMILES string of the molecule is CC(C)C[C@@H]1C(=O)NCCN1C(=O)c1cccc([C@@H]2CCOC2)c1. The summed E-state index contributed by atoms with van der Waals surface area (Å²) in [5.41, 5.74) is 1.82. The first kappa shape index (κ1) is 17.0. The number of nitrogens with zero attached hydrogens (tertiary/aromatic N) is 1. The van der Waals surface area contributed by atoms with Gasteiger partial charge in [0.05, 0.1) is 6.61 Å². The largest absolute Gasteiger partial charge is 0.381 e. The van der Waals surface area contributed by atoms with Crippen LogP contribution in [0.25, 0.3) is 0 Å². The molecular formula is C19H26N2O3. The molecule has 130 valence electrons. The summed E-state index contributed by atoms with van der Waals surface area (Å²) in [5, 5.41) is 2.88. The number of piperazine rings is 1. The van der Waals surface area contributed by atoms with Crippen LogP contribution in [0, 0.1) is 5.92 Å². The molecule has 1 aromatic rings. The van der Waals surface area contributed by atoms with Gasteiger partial charge in [0, 0.05) is 31.2 Å². The Labute approximate surface area is 143 Å². The lowest BCUT2D eigenvalue weighted by molar-refractivity contribution is -0.128. The van der Waals surface area contributed by atoms with Gasteiger partial charge in [0.1, 0.15) is 6.04 Å². The minimum atomic E-state index is -0.371. The van der Waals surface area contributed by atoms with E-state index >= 15 is 0 Å². The molecule has 2 aliphatic heterocycles. The number of benzene rings is 1. The van der Waals surface area contributed by atoms with Crippen molar-refractivity contribution >= 4 is 11.8 Å². The second-order valence-corrected chi connectivity index (χ2v) is 7.12. The monoisotopic (exact) mass is 330 g/mol. The summed E-state index contributed by atoms with van der Waals surface area (Å²) in [4.78, 5) is 27.0. The third-order valence-electron chi connectivity index (χ3n) is 4.82. The van der Waals surface area contributed by atoms with Crippen LogP contribution in [0.3, 0.4) is 0 Å². The van der Waals surface area contributed by atoms with Crippen LogP contribution in [0.2, 0.25) is 0 Å². The van der Waals surface area contributed by atoms with Crippen LogP contribution in [0.15, 0.2) is 24.3 Å². The molecule has 24 heavy (non-hydrogen) atoms. The smallest absolute Gasteiger partial charge is 0.254 e. The molecule has 0 aromatic heterocycles. The molecule has 0 aliphatic carbocycles. The number of rotatable bonds is 4. The third kappa shape index (κ3) is 3.61. The van der Waals surface area contributed by atoms with Gasteiger partial charge in [-0.2, -0.15) is 0 Å². The van der Waals surface area contributed by atoms with Gasteiger partial charge in [0.25, 0.3) is 5.91 Å². The van der Waals surface area contributed by atoms with Crippen molar-refractivity contribution in [3.05, 3.63) is 35.4 Å². The van der Waals surface area contributed by atoms with Gasteiger partial charge in [-0.3, -0.25) is 9.59 Å². The van der Waals surface area contributed by atoms with E-state index in [1.54, 1.807) is 4.90 Å². The lowest BCUT2D eigenvalue weighted by Crippen LogP contribution is -2.57. The molecule has 2 saturated heterocycles. The van der Waals surface area contributed by atoms with Crippen molar-refractivity contribution in [1.29, 1.82) is 0 Å². The maximum atomic E-state index is 13.0. The predicted octanol–water partition coefficient (Wildman–Crippen LogP) is 2.18. The number of hydrogen-bond acceptors (Lipinski definition) is 3. The fraction of sp³-hybridized carbons (Fsp3) is 0.579. The number of carbonyl (C=O) groups is 2. The van der Waals surface area contributed by atoms with Crippen LogP contribution >= 0.6 is 0 Å². The lowest BCUT2D eigenvalue weighted by atomic mass is 9.95. The molecule has 1 N–H and O–H groups in total. The second kappa shape index (κ2) is 7.34. The highest BCUT2D eigenvalue weighted by Gasteiger charge is 2.34. The van der Waals surface area contributed by atoms with E-state index in [-0.39, 0.29) is 17.9 Å². The maximum Gasteiger partial charge on any atom is 0.254 e. The number of hydrogen-bond donors (Lipinski definition) is 1. The summed E-state index contributed by atoms with van der Waals surface area (Å²) in [6.07, 6.45) is 1.69. The van der Waals surface area contributed by atoms with E-state index in [0.29, 0.717) is 36.9 Å². The van der Waals surface area contributed by atoms with Crippen LogP contribution in [0.4, 0.5) is 0 Å². The summed E-state index contributed by atoms with van der Waals surface area (Å²) in [5.74, 6) is 0.643. The average Bonchev–Trinajstić information content (AvgIpc) is 3.10. The third-order valence-corrected chi connectivity index (χ3v) is 4.82. The van der Waals surface area contributed by atoms with Gasteiger partial charge in [-0.1, -0.05) is 26.0 Å². The van der Waals surface area contributed by atoms with E-state index in [4.69, 9.17) is 4.74 Å². The molecule has 2 aliphatic rings. The first-order chi connectivity index (χ1) is 11.6. The first-order valence-corrected chi connectivity index (χ1v) is 8.82. The summed E-state index contributed by atoms with van der Waals surface area (Å²) in [7, 11) is 0. The van der Waals surface area contributed by atoms with E-state index in [0.717, 1.165) is 25.2 Å². The molecule has 5 heteroatoms. The summed E-state index contributed by atoms with van der Waals surface area (Å²) in [6.45, 7) is 6.75. The molecule has 0 radical (unpaired) electrons. The molecular weight excluding hydrogens is 304 g/mol. The van der Waals surface area contributed by atoms with Crippen molar-refractivity contribution in [2.45, 2.75) is 38.6 Å². The highest BCUT2D eigenvalue weighted by Crippen LogP contribution is 2.26. The van der Waals surface area contributed by atoms with Crippen LogP contribution in [0.1, 0.15) is 48.5 Å². The Morgan fingerprint density at radius 2 is 2.25 bits per heavy atom. The van der Waals surface area contributed by atoms with Crippen molar-refractivity contribution < 1.29 is 14.3 Å². The van der Waals surface area contributed by atoms with Crippen molar-refractivity contribution in [2.75, 3.05) is 26.3 Å². The van der Waals surface area contributed by atoms with E-state index in [2.05, 4.69) is 25.2 Å². The average molecular weight is 330 g/mol. The van der Waals surface area contributed by atoms with Gasteiger partial charge < -0.3 is 15.0 Å². The standard InChI is InChI=1S/C19H26N2O3/c1-13(2)10-17-18(22)20-7-8-21(17)19(23)15-5-3-4-14(11-15)16-6-9-24-12-16/h3-5,11,13,16-17H,6-10,12H2,1-2H3,(H,20,22)/t16-,17-/m1/s1. The van der Waals surface area contributed by atoms with Crippen molar-refractivity contribution in [3.63, 3.8) is 0 Å². The van der Waals surface area contributed by atoms with Gasteiger partial charge in [0.2, 0.25) is 5.91 Å². The van der Waals surface area contributed by atoms with E-state index in [1.807, 2.05) is 18.2 Å². The maximum absolute atomic E-state index is 13.0. The second-order valence-electron chi connectivity index (χ2n) is 7.12. The molecule has 2 heterocycles. The van der Waals surface area contributed by atoms with Gasteiger partial charge in [-0.25, -0.2) is 0 Å². The van der Waals surface area contributed by atoms with E-state index in [1.165, 1.54) is 0 Å². The normalized spacial score (nSPS) is 24.3. The molecule has 0 unspecified atom stereocenters. The summed E-state index contributed by atoms with van der Waals surface area (Å²) in [6, 6.07) is 7.44. The van der Waals surface area contributed by atoms with Gasteiger partial charge in [-0.05, 0) is 36.5 Å². The number of ether oxygens (including phenoxy) is 1. The number of nitrogens with one attached hydrogen (secondary N) is 1. The predicted molar refractivity (Wildman–Crippen MR) is 91.9 cm³/mol. The number of carbonyl (C=O) groups excluding carboxylic acids is 2. The van der Waals surface area contributed by atoms with Crippen LogP contribution < -0.4 is 5.32 Å². The van der Waals surface area contributed by atoms with Gasteiger partial charge in [0.15, 0.2) is 0 Å². The Bertz CT molecular complexity index is 608. The Hall–Kier alpha value is -1.88. The fourth-order valence-corrected chi connectivity index (χ4v) is 3.53. The molecule has 5 nitrogen and oxygen atoms in total. The topological polar surface area (TPSA) is 58.6 Å². The van der Waals surface area contributed by atoms with Gasteiger partial charge >= 0.3 is 0 Å². The van der Waals surface area contributed by atoms with Crippen LogP contribution in [0.5, 0.6) is 0 Å². The van der Waals surface area contributed by atoms with Crippen LogP contribution in [-0.2, 0) is 9.53 Å². The molecule has 1 aromatic carbocycles. The number of amides is 2. The molecule has 3 rings (SSSR count). The Balaban J connectivity index is 1.81. The first-order valence-electron chi connectivity index (χ1n) is 8.82. The zero-order chi connectivity index (χ0) is 17.1. The van der Waals surface area contributed by atoms with E-state index in [9.17, 15) is 9.59 Å². The van der Waals surface area contributed by atoms with E-state index < -0.39 is 0 Å². The quantitative estimate of drug-likeness (QED) is 0.920. The van der Waals surface area contributed by atoms with Crippen molar-refractivity contribution in [1.82, 2.24) is 10.2 Å². The van der Waals surface area contributed by atoms with Crippen molar-refractivity contribution in [3.8, 4) is 0 Å². The fourth-order valence-electron chi connectivity index (χ4n) is 3.53. The summed E-state index contributed by atoms with van der Waals surface area (Å²) >= 11 is 0. The highest BCUT2D eigenvalue weighted by molar-refractivity contribution is 5.98. The zero-order valence-corrected chi connectivity index (χ0v) is 14.5. The highest BCUT2D eigenvalue weighted by atomic mass is 16.5. The zero-order valence-electron chi connectivity index (χ0n) is 14.5. The minimum absolute atomic E-state index is 0.0383. The minimum Gasteiger partial charge on any atom is -0.381 e. The Morgan fingerprint density at radius 3 is 2.96 bits per heavy atom. The molecule has 0 spiro atoms. The molecule has 0 bridgehead atoms. The Morgan fingerprint density at radius 1 is 1.42 bits per heavy atom. The van der Waals surface area contributed by atoms with Crippen molar-refractivity contribution in [2.24, 2.45) is 5.92 Å². The van der Waals surface area contributed by atoms with Gasteiger partial charge in [-0.15, -0.1) is 0 Å². The van der Waals surface area contributed by atoms with Crippen LogP contribution in [-0.4, -0.2) is 49.1 Å². The Kier molecular flexibility index (Phi) is 5.19.